The normalized spacial score (nSPS) is 10.8. The Hall–Kier alpha value is -3.72. The summed E-state index contributed by atoms with van der Waals surface area (Å²) in [6, 6.07) is 12.0. The molecule has 0 aliphatic heterocycles. The van der Waals surface area contributed by atoms with Crippen molar-refractivity contribution in [3.8, 4) is 17.0 Å². The number of imidazole rings is 1. The van der Waals surface area contributed by atoms with Crippen molar-refractivity contribution in [2.24, 2.45) is 0 Å². The molecule has 4 aromatic rings. The molecule has 0 unspecified atom stereocenters. The number of nitro benzene ring substituents is 1. The quantitative estimate of drug-likeness (QED) is 0.386. The van der Waals surface area contributed by atoms with Crippen molar-refractivity contribution >= 4 is 33.6 Å². The summed E-state index contributed by atoms with van der Waals surface area (Å²) in [7, 11) is 1.43. The van der Waals surface area contributed by atoms with Gasteiger partial charge in [-0.15, -0.1) is 11.3 Å². The van der Waals surface area contributed by atoms with Gasteiger partial charge in [0.2, 0.25) is 0 Å². The number of benzene rings is 2. The molecule has 29 heavy (non-hydrogen) atoms. The minimum atomic E-state index is -0.526. The fraction of sp³-hybridized carbons (Fsp3) is 0.100. The molecule has 0 bridgehead atoms. The van der Waals surface area contributed by atoms with E-state index in [-0.39, 0.29) is 11.4 Å². The van der Waals surface area contributed by atoms with Gasteiger partial charge in [0, 0.05) is 29.3 Å². The van der Waals surface area contributed by atoms with E-state index in [1.54, 1.807) is 16.0 Å². The number of non-ortho nitro benzene ring substituents is 1. The number of carbonyl (C=O) groups excluding carboxylic acids is 1. The van der Waals surface area contributed by atoms with E-state index in [9.17, 15) is 14.9 Å². The van der Waals surface area contributed by atoms with Crippen molar-refractivity contribution in [1.82, 2.24) is 9.38 Å². The molecule has 0 saturated carbocycles. The topological polar surface area (TPSA) is 98.8 Å². The lowest BCUT2D eigenvalue weighted by atomic mass is 10.1. The highest BCUT2D eigenvalue weighted by Crippen LogP contribution is 2.30. The summed E-state index contributed by atoms with van der Waals surface area (Å²) in [5.41, 5.74) is 3.34. The number of anilines is 1. The average Bonchev–Trinajstić information content (AvgIpc) is 3.29. The number of methoxy groups -OCH3 is 1. The van der Waals surface area contributed by atoms with Crippen LogP contribution in [0.5, 0.6) is 5.75 Å². The zero-order chi connectivity index (χ0) is 20.5. The van der Waals surface area contributed by atoms with Gasteiger partial charge in [-0.05, 0) is 13.0 Å². The number of nitrogens with one attached hydrogen (secondary N) is 1. The lowest BCUT2D eigenvalue weighted by Crippen LogP contribution is -2.14. The smallest absolute Gasteiger partial charge is 0.273 e. The molecule has 1 amide bonds. The Morgan fingerprint density at radius 2 is 2.00 bits per heavy atom. The second-order valence-corrected chi connectivity index (χ2v) is 7.20. The van der Waals surface area contributed by atoms with E-state index >= 15 is 0 Å². The first-order chi connectivity index (χ1) is 14.0. The number of nitrogens with zero attached hydrogens (tertiary/aromatic N) is 3. The maximum atomic E-state index is 12.9. The zero-order valence-electron chi connectivity index (χ0n) is 15.6. The standard InChI is InChI=1S/C20H16N4O4S/c1-12-3-5-13(6-4-12)16-10-23-17(11-29-20(23)22-16)19(25)21-15-9-14(24(26)27)7-8-18(15)28-2/h3-11H,1-2H3,(H,21,25). The number of hydrogen-bond acceptors (Lipinski definition) is 6. The predicted molar refractivity (Wildman–Crippen MR) is 111 cm³/mol. The van der Waals surface area contributed by atoms with Gasteiger partial charge < -0.3 is 10.1 Å². The van der Waals surface area contributed by atoms with Crippen molar-refractivity contribution in [1.29, 1.82) is 0 Å². The van der Waals surface area contributed by atoms with Crippen LogP contribution < -0.4 is 10.1 Å². The Morgan fingerprint density at radius 1 is 1.24 bits per heavy atom. The van der Waals surface area contributed by atoms with Crippen molar-refractivity contribution in [3.63, 3.8) is 0 Å². The van der Waals surface area contributed by atoms with E-state index in [0.717, 1.165) is 16.8 Å². The minimum absolute atomic E-state index is 0.138. The van der Waals surface area contributed by atoms with Crippen LogP contribution in [0.3, 0.4) is 0 Å². The predicted octanol–water partition coefficient (Wildman–Crippen LogP) is 4.54. The van der Waals surface area contributed by atoms with E-state index in [0.29, 0.717) is 16.4 Å². The van der Waals surface area contributed by atoms with Crippen molar-refractivity contribution in [2.45, 2.75) is 6.92 Å². The maximum Gasteiger partial charge on any atom is 0.273 e. The lowest BCUT2D eigenvalue weighted by Gasteiger charge is -2.09. The molecule has 0 aliphatic rings. The Morgan fingerprint density at radius 3 is 2.69 bits per heavy atom. The number of aryl methyl sites for hydroxylation is 1. The molecule has 0 spiro atoms. The first kappa shape index (κ1) is 18.6. The molecule has 4 rings (SSSR count). The van der Waals surface area contributed by atoms with Crippen molar-refractivity contribution < 1.29 is 14.5 Å². The van der Waals surface area contributed by atoms with Crippen molar-refractivity contribution in [3.05, 3.63) is 75.4 Å². The van der Waals surface area contributed by atoms with E-state index in [1.165, 1.54) is 36.6 Å². The van der Waals surface area contributed by atoms with Crippen LogP contribution in [0, 0.1) is 17.0 Å². The second kappa shape index (κ2) is 7.36. The highest BCUT2D eigenvalue weighted by atomic mass is 32.1. The Bertz CT molecular complexity index is 1230. The summed E-state index contributed by atoms with van der Waals surface area (Å²) >= 11 is 1.34. The summed E-state index contributed by atoms with van der Waals surface area (Å²) in [6.45, 7) is 2.01. The Kier molecular flexibility index (Phi) is 4.73. The lowest BCUT2D eigenvalue weighted by molar-refractivity contribution is -0.384. The van der Waals surface area contributed by atoms with Gasteiger partial charge in [-0.25, -0.2) is 4.98 Å². The summed E-state index contributed by atoms with van der Waals surface area (Å²) in [6.07, 6.45) is 1.80. The van der Waals surface area contributed by atoms with Crippen LogP contribution in [-0.2, 0) is 0 Å². The monoisotopic (exact) mass is 408 g/mol. The van der Waals surface area contributed by atoms with E-state index in [2.05, 4.69) is 10.3 Å². The van der Waals surface area contributed by atoms with Crippen LogP contribution >= 0.6 is 11.3 Å². The molecule has 0 aliphatic carbocycles. The summed E-state index contributed by atoms with van der Waals surface area (Å²) in [5.74, 6) is -0.0793. The van der Waals surface area contributed by atoms with Gasteiger partial charge in [0.05, 0.1) is 23.4 Å². The number of hydrogen-bond donors (Lipinski definition) is 1. The zero-order valence-corrected chi connectivity index (χ0v) is 16.4. The Balaban J connectivity index is 1.67. The molecule has 0 radical (unpaired) electrons. The highest BCUT2D eigenvalue weighted by molar-refractivity contribution is 7.15. The number of nitro groups is 1. The molecule has 1 N–H and O–H groups in total. The third-order valence-corrected chi connectivity index (χ3v) is 5.27. The number of aromatic nitrogens is 2. The van der Waals surface area contributed by atoms with Gasteiger partial charge in [0.25, 0.3) is 11.6 Å². The molecular weight excluding hydrogens is 392 g/mol. The van der Waals surface area contributed by atoms with Gasteiger partial charge in [-0.3, -0.25) is 19.3 Å². The van der Waals surface area contributed by atoms with Crippen LogP contribution in [0.2, 0.25) is 0 Å². The number of rotatable bonds is 5. The van der Waals surface area contributed by atoms with Crippen LogP contribution in [0.1, 0.15) is 16.1 Å². The Labute approximate surface area is 169 Å². The molecule has 8 nitrogen and oxygen atoms in total. The average molecular weight is 408 g/mol. The molecule has 2 aromatic heterocycles. The molecule has 2 heterocycles. The molecule has 9 heteroatoms. The third-order valence-electron chi connectivity index (χ3n) is 4.43. The van der Waals surface area contributed by atoms with Gasteiger partial charge in [0.15, 0.2) is 4.96 Å². The number of amides is 1. The molecule has 2 aromatic carbocycles. The summed E-state index contributed by atoms with van der Waals surface area (Å²) < 4.78 is 6.91. The number of thiazole rings is 1. The molecule has 0 fully saturated rings. The largest absolute Gasteiger partial charge is 0.495 e. The number of carbonyl (C=O) groups is 1. The third kappa shape index (κ3) is 3.55. The molecule has 0 atom stereocenters. The number of fused-ring (bicyclic) bond motifs is 1. The van der Waals surface area contributed by atoms with E-state index in [4.69, 9.17) is 4.74 Å². The molecule has 146 valence electrons. The van der Waals surface area contributed by atoms with Crippen LogP contribution in [0.15, 0.2) is 54.0 Å². The first-order valence-corrected chi connectivity index (χ1v) is 9.51. The van der Waals surface area contributed by atoms with E-state index < -0.39 is 10.8 Å². The van der Waals surface area contributed by atoms with Gasteiger partial charge in [-0.1, -0.05) is 29.8 Å². The first-order valence-electron chi connectivity index (χ1n) is 8.63. The van der Waals surface area contributed by atoms with Crippen LogP contribution in [-0.4, -0.2) is 27.3 Å². The minimum Gasteiger partial charge on any atom is -0.495 e. The maximum absolute atomic E-state index is 12.9. The van der Waals surface area contributed by atoms with Crippen LogP contribution in [0.4, 0.5) is 11.4 Å². The van der Waals surface area contributed by atoms with Gasteiger partial charge in [-0.2, -0.15) is 0 Å². The molecular formula is C20H16N4O4S. The molecule has 0 saturated heterocycles. The van der Waals surface area contributed by atoms with Gasteiger partial charge >= 0.3 is 0 Å². The van der Waals surface area contributed by atoms with E-state index in [1.807, 2.05) is 31.2 Å². The van der Waals surface area contributed by atoms with Crippen molar-refractivity contribution in [2.75, 3.05) is 12.4 Å². The number of ether oxygens (including phenoxy) is 1. The fourth-order valence-corrected chi connectivity index (χ4v) is 3.76. The second-order valence-electron chi connectivity index (χ2n) is 6.36. The van der Waals surface area contributed by atoms with Crippen LogP contribution in [0.25, 0.3) is 16.2 Å². The summed E-state index contributed by atoms with van der Waals surface area (Å²) in [4.78, 5) is 28.6. The SMILES string of the molecule is COc1ccc([N+](=O)[O-])cc1NC(=O)c1csc2nc(-c3ccc(C)cc3)cn12. The highest BCUT2D eigenvalue weighted by Gasteiger charge is 2.18. The summed E-state index contributed by atoms with van der Waals surface area (Å²) in [5, 5.41) is 15.4. The van der Waals surface area contributed by atoms with Gasteiger partial charge in [0.1, 0.15) is 11.4 Å². The fourth-order valence-electron chi connectivity index (χ4n) is 2.90.